The van der Waals surface area contributed by atoms with Gasteiger partial charge in [-0.2, -0.15) is 0 Å². The zero-order valence-electron chi connectivity index (χ0n) is 18.9. The number of carbonyl (C=O) groups excluding carboxylic acids is 1. The Bertz CT molecular complexity index is 816. The van der Waals surface area contributed by atoms with Crippen LogP contribution in [0.4, 0.5) is 0 Å². The number of hydrogen-bond acceptors (Lipinski definition) is 3. The molecule has 3 rings (SSSR count). The van der Waals surface area contributed by atoms with Gasteiger partial charge in [0.2, 0.25) is 5.91 Å². The van der Waals surface area contributed by atoms with E-state index in [1.807, 2.05) is 12.1 Å². The van der Waals surface area contributed by atoms with Crippen LogP contribution >= 0.6 is 0 Å². The number of rotatable bonds is 7. The van der Waals surface area contributed by atoms with E-state index in [2.05, 4.69) is 74.3 Å². The molecular weight excluding hydrogens is 372 g/mol. The van der Waals surface area contributed by atoms with E-state index in [9.17, 15) is 4.79 Å². The molecule has 0 radical (unpaired) electrons. The molecule has 1 N–H and O–H groups in total. The fourth-order valence-corrected chi connectivity index (χ4v) is 3.96. The molecule has 30 heavy (non-hydrogen) atoms. The molecule has 4 nitrogen and oxygen atoms in total. The number of hydrogen-bond donors (Lipinski definition) is 1. The summed E-state index contributed by atoms with van der Waals surface area (Å²) in [6.07, 6.45) is 1.85. The van der Waals surface area contributed by atoms with Crippen LogP contribution in [0, 0.1) is 12.8 Å². The van der Waals surface area contributed by atoms with Crippen LogP contribution in [0.25, 0.3) is 0 Å². The summed E-state index contributed by atoms with van der Waals surface area (Å²) in [5, 5.41) is 3.05. The first-order valence-electron chi connectivity index (χ1n) is 11.1. The summed E-state index contributed by atoms with van der Waals surface area (Å²) >= 11 is 0. The van der Waals surface area contributed by atoms with Crippen LogP contribution in [-0.4, -0.2) is 37.0 Å². The molecule has 0 spiro atoms. The lowest BCUT2D eigenvalue weighted by Gasteiger charge is -2.31. The Morgan fingerprint density at radius 1 is 1.10 bits per heavy atom. The number of nitrogens with zero attached hydrogens (tertiary/aromatic N) is 1. The maximum atomic E-state index is 12.5. The largest absolute Gasteiger partial charge is 0.492 e. The van der Waals surface area contributed by atoms with Gasteiger partial charge in [0, 0.05) is 12.5 Å². The maximum absolute atomic E-state index is 12.5. The highest BCUT2D eigenvalue weighted by atomic mass is 16.5. The monoisotopic (exact) mass is 408 g/mol. The molecule has 1 heterocycles. The van der Waals surface area contributed by atoms with E-state index >= 15 is 0 Å². The van der Waals surface area contributed by atoms with Crippen molar-refractivity contribution >= 4 is 5.91 Å². The molecule has 0 saturated carbocycles. The van der Waals surface area contributed by atoms with Crippen molar-refractivity contribution in [2.24, 2.45) is 5.92 Å². The van der Waals surface area contributed by atoms with Crippen molar-refractivity contribution in [3.63, 3.8) is 0 Å². The average molecular weight is 409 g/mol. The van der Waals surface area contributed by atoms with Crippen LogP contribution in [0.5, 0.6) is 5.75 Å². The smallest absolute Gasteiger partial charge is 0.223 e. The molecule has 1 saturated heterocycles. The molecule has 2 aromatic carbocycles. The zero-order chi connectivity index (χ0) is 21.6. The second-order valence-corrected chi connectivity index (χ2v) is 9.45. The zero-order valence-corrected chi connectivity index (χ0v) is 18.9. The van der Waals surface area contributed by atoms with E-state index in [4.69, 9.17) is 4.74 Å². The maximum Gasteiger partial charge on any atom is 0.223 e. The van der Waals surface area contributed by atoms with Crippen LogP contribution in [0.15, 0.2) is 48.5 Å². The lowest BCUT2D eigenvalue weighted by atomic mass is 9.87. The lowest BCUT2D eigenvalue weighted by Crippen LogP contribution is -2.41. The van der Waals surface area contributed by atoms with Crippen molar-refractivity contribution in [1.29, 1.82) is 0 Å². The third-order valence-electron chi connectivity index (χ3n) is 5.84. The number of nitrogens with one attached hydrogen (secondary N) is 1. The number of amides is 1. The fourth-order valence-electron chi connectivity index (χ4n) is 3.96. The normalized spacial score (nSPS) is 15.7. The minimum atomic E-state index is 0.116. The van der Waals surface area contributed by atoms with Gasteiger partial charge in [-0.25, -0.2) is 0 Å². The van der Waals surface area contributed by atoms with E-state index in [-0.39, 0.29) is 17.2 Å². The highest BCUT2D eigenvalue weighted by molar-refractivity contribution is 5.78. The fraction of sp³-hybridized carbons (Fsp3) is 0.500. The van der Waals surface area contributed by atoms with E-state index < -0.39 is 0 Å². The van der Waals surface area contributed by atoms with Crippen molar-refractivity contribution in [2.45, 2.75) is 52.5 Å². The topological polar surface area (TPSA) is 41.6 Å². The van der Waals surface area contributed by atoms with Gasteiger partial charge in [-0.3, -0.25) is 9.69 Å². The molecule has 0 unspecified atom stereocenters. The van der Waals surface area contributed by atoms with Gasteiger partial charge < -0.3 is 10.1 Å². The number of likely N-dealkylation sites (tertiary alicyclic amines) is 1. The highest BCUT2D eigenvalue weighted by Gasteiger charge is 2.24. The van der Waals surface area contributed by atoms with E-state index in [0.717, 1.165) is 38.2 Å². The quantitative estimate of drug-likeness (QED) is 0.675. The van der Waals surface area contributed by atoms with Crippen LogP contribution in [0.3, 0.4) is 0 Å². The van der Waals surface area contributed by atoms with Crippen LogP contribution in [0.2, 0.25) is 0 Å². The summed E-state index contributed by atoms with van der Waals surface area (Å²) in [6.45, 7) is 12.7. The third-order valence-corrected chi connectivity index (χ3v) is 5.84. The summed E-state index contributed by atoms with van der Waals surface area (Å²) < 4.78 is 5.78. The van der Waals surface area contributed by atoms with Crippen molar-refractivity contribution in [3.8, 4) is 5.75 Å². The molecule has 0 aromatic heterocycles. The van der Waals surface area contributed by atoms with Crippen LogP contribution < -0.4 is 10.1 Å². The molecule has 1 fully saturated rings. The lowest BCUT2D eigenvalue weighted by molar-refractivity contribution is -0.126. The van der Waals surface area contributed by atoms with Gasteiger partial charge in [-0.1, -0.05) is 62.7 Å². The molecule has 1 amide bonds. The van der Waals surface area contributed by atoms with Gasteiger partial charge in [0.15, 0.2) is 0 Å². The molecule has 0 aliphatic carbocycles. The Balaban J connectivity index is 1.34. The van der Waals surface area contributed by atoms with Gasteiger partial charge >= 0.3 is 0 Å². The number of aryl methyl sites for hydroxylation is 1. The molecule has 162 valence electrons. The van der Waals surface area contributed by atoms with Crippen LogP contribution in [0.1, 0.15) is 50.3 Å². The van der Waals surface area contributed by atoms with Gasteiger partial charge in [0.1, 0.15) is 12.4 Å². The molecule has 1 aliphatic rings. The first kappa shape index (κ1) is 22.4. The molecule has 1 aliphatic heterocycles. The van der Waals surface area contributed by atoms with Gasteiger partial charge in [-0.05, 0) is 61.5 Å². The molecule has 2 aromatic rings. The van der Waals surface area contributed by atoms with Crippen molar-refractivity contribution in [2.75, 3.05) is 26.2 Å². The van der Waals surface area contributed by atoms with Gasteiger partial charge in [-0.15, -0.1) is 0 Å². The third kappa shape index (κ3) is 6.60. The minimum absolute atomic E-state index is 0.116. The second-order valence-electron chi connectivity index (χ2n) is 9.45. The Kier molecular flexibility index (Phi) is 7.54. The first-order chi connectivity index (χ1) is 14.3. The second kappa shape index (κ2) is 10.1. The summed E-state index contributed by atoms with van der Waals surface area (Å²) in [4.78, 5) is 14.9. The molecular formula is C26H36N2O2. The summed E-state index contributed by atoms with van der Waals surface area (Å²) in [5.74, 6) is 1.13. The standard InChI is InChI=1S/C26H36N2O2/c1-20-6-5-7-21(18-20)19-28-15-12-22(13-16-28)25(29)27-14-17-30-24-10-8-23(9-11-24)26(2,3)4/h5-11,18,22H,12-17,19H2,1-4H3,(H,27,29). The Labute approximate surface area is 181 Å². The van der Waals surface area contributed by atoms with Crippen LogP contribution in [-0.2, 0) is 16.8 Å². The molecule has 0 bridgehead atoms. The van der Waals surface area contributed by atoms with Crippen molar-refractivity contribution in [1.82, 2.24) is 10.2 Å². The first-order valence-corrected chi connectivity index (χ1v) is 11.1. The predicted molar refractivity (Wildman–Crippen MR) is 123 cm³/mol. The minimum Gasteiger partial charge on any atom is -0.492 e. The number of piperidine rings is 1. The van der Waals surface area contributed by atoms with E-state index in [1.54, 1.807) is 0 Å². The summed E-state index contributed by atoms with van der Waals surface area (Å²) in [7, 11) is 0. The van der Waals surface area contributed by atoms with Crippen molar-refractivity contribution < 1.29 is 9.53 Å². The Morgan fingerprint density at radius 3 is 2.43 bits per heavy atom. The number of carbonyl (C=O) groups is 1. The number of ether oxygens (including phenoxy) is 1. The highest BCUT2D eigenvalue weighted by Crippen LogP contribution is 2.24. The predicted octanol–water partition coefficient (Wildman–Crippen LogP) is 4.70. The average Bonchev–Trinajstić information content (AvgIpc) is 2.71. The van der Waals surface area contributed by atoms with E-state index in [0.29, 0.717) is 13.2 Å². The SMILES string of the molecule is Cc1cccc(CN2CCC(C(=O)NCCOc3ccc(C(C)(C)C)cc3)CC2)c1. The summed E-state index contributed by atoms with van der Waals surface area (Å²) in [6, 6.07) is 16.9. The van der Waals surface area contributed by atoms with Crippen molar-refractivity contribution in [3.05, 3.63) is 65.2 Å². The van der Waals surface area contributed by atoms with E-state index in [1.165, 1.54) is 16.7 Å². The van der Waals surface area contributed by atoms with Gasteiger partial charge in [0.25, 0.3) is 0 Å². The Morgan fingerprint density at radius 2 is 1.80 bits per heavy atom. The van der Waals surface area contributed by atoms with Gasteiger partial charge in [0.05, 0.1) is 6.54 Å². The Hall–Kier alpha value is -2.33. The molecule has 4 heteroatoms. The summed E-state index contributed by atoms with van der Waals surface area (Å²) in [5.41, 5.74) is 4.08. The number of benzene rings is 2. The molecule has 0 atom stereocenters.